The van der Waals surface area contributed by atoms with Gasteiger partial charge in [0, 0.05) is 31.0 Å². The van der Waals surface area contributed by atoms with Gasteiger partial charge in [-0.3, -0.25) is 9.69 Å². The fourth-order valence-corrected chi connectivity index (χ4v) is 7.27. The number of carbonyl (C=O) groups excluding carboxylic acids is 1. The average molecular weight is 658 g/mol. The zero-order valence-electron chi connectivity index (χ0n) is 24.0. The van der Waals surface area contributed by atoms with E-state index in [0.717, 1.165) is 31.5 Å². The van der Waals surface area contributed by atoms with Gasteiger partial charge < -0.3 is 4.90 Å². The van der Waals surface area contributed by atoms with Gasteiger partial charge in [0.25, 0.3) is 0 Å². The first kappa shape index (κ1) is 32.6. The molecule has 3 aromatic carbocycles. The Morgan fingerprint density at radius 2 is 1.55 bits per heavy atom. The minimum absolute atomic E-state index is 0.0788. The summed E-state index contributed by atoms with van der Waals surface area (Å²) in [4.78, 5) is 17.1. The van der Waals surface area contributed by atoms with Crippen LogP contribution in [0.15, 0.2) is 66.7 Å². The molecule has 0 aromatic heterocycles. The number of halogens is 8. The number of piperidine rings is 2. The Hall–Kier alpha value is -2.75. The molecule has 3 unspecified atom stereocenters. The lowest BCUT2D eigenvalue weighted by Crippen LogP contribution is -2.61. The van der Waals surface area contributed by atoms with Crippen LogP contribution in [0, 0.1) is 0 Å². The minimum atomic E-state index is -4.98. The Balaban J connectivity index is 1.58. The fourth-order valence-electron chi connectivity index (χ4n) is 6.97. The highest BCUT2D eigenvalue weighted by atomic mass is 35.5. The van der Waals surface area contributed by atoms with E-state index in [4.69, 9.17) is 23.2 Å². The van der Waals surface area contributed by atoms with Crippen molar-refractivity contribution in [2.45, 2.75) is 68.9 Å². The lowest BCUT2D eigenvalue weighted by Gasteiger charge is -2.54. The van der Waals surface area contributed by atoms with Crippen LogP contribution in [0.1, 0.15) is 66.3 Å². The second-order valence-corrected chi connectivity index (χ2v) is 12.5. The lowest BCUT2D eigenvalue weighted by atomic mass is 9.64. The number of alkyl halides is 6. The number of benzene rings is 3. The molecule has 2 saturated heterocycles. The largest absolute Gasteiger partial charge is 0.416 e. The molecule has 1 amide bonds. The average Bonchev–Trinajstić information content (AvgIpc) is 2.99. The molecule has 2 fully saturated rings. The molecule has 0 spiro atoms. The molecule has 2 aliphatic rings. The zero-order valence-corrected chi connectivity index (χ0v) is 25.5. The molecule has 2 aliphatic heterocycles. The smallest absolute Gasteiger partial charge is 0.337 e. The van der Waals surface area contributed by atoms with E-state index in [1.165, 1.54) is 10.5 Å². The van der Waals surface area contributed by atoms with Gasteiger partial charge in [-0.25, -0.2) is 0 Å². The first-order valence-electron chi connectivity index (χ1n) is 14.5. The minimum Gasteiger partial charge on any atom is -0.337 e. The maximum atomic E-state index is 13.6. The van der Waals surface area contributed by atoms with E-state index in [2.05, 4.69) is 24.0 Å². The molecule has 3 aromatic rings. The molecule has 5 rings (SSSR count). The first-order chi connectivity index (χ1) is 20.7. The standard InChI is InChI=1S/C33H32Cl2F6N2O/c1-2-42-13-11-23(22-6-4-3-5-7-22)16-29(42)31(24-8-9-27(34)28(35)18-24)12-10-30(44)43(20-31)19-21-14-25(32(36,37)38)17-26(15-21)33(39,40)41/h3-9,14-15,17-18,23,29H,2,10-13,16,19-20H2,1H3. The highest BCUT2D eigenvalue weighted by Crippen LogP contribution is 2.47. The molecule has 236 valence electrons. The van der Waals surface area contributed by atoms with Crippen LogP contribution >= 0.6 is 23.2 Å². The van der Waals surface area contributed by atoms with Crippen molar-refractivity contribution in [3.05, 3.63) is 105 Å². The van der Waals surface area contributed by atoms with E-state index in [1.807, 2.05) is 24.3 Å². The number of likely N-dealkylation sites (tertiary alicyclic amines) is 2. The predicted octanol–water partition coefficient (Wildman–Crippen LogP) is 9.36. The predicted molar refractivity (Wildman–Crippen MR) is 159 cm³/mol. The van der Waals surface area contributed by atoms with Gasteiger partial charge in [-0.15, -0.1) is 0 Å². The van der Waals surface area contributed by atoms with Crippen molar-refractivity contribution in [2.75, 3.05) is 19.6 Å². The summed E-state index contributed by atoms with van der Waals surface area (Å²) >= 11 is 12.8. The summed E-state index contributed by atoms with van der Waals surface area (Å²) in [7, 11) is 0. The van der Waals surface area contributed by atoms with Crippen LogP contribution in [-0.4, -0.2) is 41.4 Å². The Bertz CT molecular complexity index is 1460. The van der Waals surface area contributed by atoms with Gasteiger partial charge >= 0.3 is 12.4 Å². The maximum Gasteiger partial charge on any atom is 0.416 e. The summed E-state index contributed by atoms with van der Waals surface area (Å²) in [6, 6.07) is 16.9. The molecule has 0 bridgehead atoms. The van der Waals surface area contributed by atoms with Gasteiger partial charge in [-0.1, -0.05) is 66.5 Å². The summed E-state index contributed by atoms with van der Waals surface area (Å²) in [6.45, 7) is 3.29. The third-order valence-corrected chi connectivity index (χ3v) is 9.89. The Labute approximate surface area is 262 Å². The molecular weight excluding hydrogens is 625 g/mol. The Morgan fingerprint density at radius 1 is 0.886 bits per heavy atom. The van der Waals surface area contributed by atoms with Crippen LogP contribution in [0.25, 0.3) is 0 Å². The van der Waals surface area contributed by atoms with E-state index in [0.29, 0.717) is 28.6 Å². The van der Waals surface area contributed by atoms with E-state index in [9.17, 15) is 31.1 Å². The SMILES string of the molecule is CCN1CCC(c2ccccc2)CC1C1(c2ccc(Cl)c(Cl)c2)CCC(=O)N(Cc2cc(C(F)(F)F)cc(C(F)(F)F)c2)C1. The monoisotopic (exact) mass is 656 g/mol. The van der Waals surface area contributed by atoms with Crippen LogP contribution in [-0.2, 0) is 29.1 Å². The number of rotatable bonds is 6. The fraction of sp³-hybridized carbons (Fsp3) is 0.424. The zero-order chi connectivity index (χ0) is 31.9. The van der Waals surface area contributed by atoms with Crippen molar-refractivity contribution >= 4 is 29.1 Å². The number of carbonyl (C=O) groups is 1. The Kier molecular flexibility index (Phi) is 9.32. The summed E-state index contributed by atoms with van der Waals surface area (Å²) in [6.07, 6.45) is -7.76. The normalized spacial score (nSPS) is 23.7. The van der Waals surface area contributed by atoms with Crippen LogP contribution < -0.4 is 0 Å². The quantitative estimate of drug-likeness (QED) is 0.247. The van der Waals surface area contributed by atoms with Crippen LogP contribution in [0.3, 0.4) is 0 Å². The van der Waals surface area contributed by atoms with Crippen molar-refractivity contribution < 1.29 is 31.1 Å². The molecule has 3 atom stereocenters. The molecule has 3 nitrogen and oxygen atoms in total. The number of amides is 1. The molecule has 0 N–H and O–H groups in total. The molecule has 11 heteroatoms. The van der Waals surface area contributed by atoms with Gasteiger partial charge in [0.2, 0.25) is 5.91 Å². The van der Waals surface area contributed by atoms with Gasteiger partial charge in [0.15, 0.2) is 0 Å². The van der Waals surface area contributed by atoms with Crippen LogP contribution in [0.2, 0.25) is 10.0 Å². The van der Waals surface area contributed by atoms with E-state index < -0.39 is 35.4 Å². The van der Waals surface area contributed by atoms with Gasteiger partial charge in [-0.2, -0.15) is 26.3 Å². The molecule has 0 radical (unpaired) electrons. The van der Waals surface area contributed by atoms with Crippen molar-refractivity contribution in [3.8, 4) is 0 Å². The number of likely N-dealkylation sites (N-methyl/N-ethyl adjacent to an activating group) is 1. The van der Waals surface area contributed by atoms with Crippen molar-refractivity contribution in [3.63, 3.8) is 0 Å². The number of hydrogen-bond donors (Lipinski definition) is 0. The van der Waals surface area contributed by atoms with Gasteiger partial charge in [0.1, 0.15) is 0 Å². The molecule has 0 saturated carbocycles. The van der Waals surface area contributed by atoms with Gasteiger partial charge in [0.05, 0.1) is 21.2 Å². The molecular formula is C33H32Cl2F6N2O. The second kappa shape index (κ2) is 12.6. The molecule has 0 aliphatic carbocycles. The van der Waals surface area contributed by atoms with Crippen molar-refractivity contribution in [1.29, 1.82) is 0 Å². The lowest BCUT2D eigenvalue weighted by molar-refractivity contribution is -0.143. The molecule has 44 heavy (non-hydrogen) atoms. The first-order valence-corrected chi connectivity index (χ1v) is 15.3. The van der Waals surface area contributed by atoms with E-state index >= 15 is 0 Å². The third kappa shape index (κ3) is 6.75. The van der Waals surface area contributed by atoms with Crippen LogP contribution in [0.5, 0.6) is 0 Å². The van der Waals surface area contributed by atoms with Crippen molar-refractivity contribution in [2.24, 2.45) is 0 Å². The number of nitrogens with zero attached hydrogens (tertiary/aromatic N) is 2. The second-order valence-electron chi connectivity index (χ2n) is 11.7. The Morgan fingerprint density at radius 3 is 2.14 bits per heavy atom. The third-order valence-electron chi connectivity index (χ3n) is 9.15. The maximum absolute atomic E-state index is 13.6. The van der Waals surface area contributed by atoms with E-state index in [1.54, 1.807) is 12.1 Å². The summed E-state index contributed by atoms with van der Waals surface area (Å²) < 4.78 is 81.8. The molecule has 2 heterocycles. The van der Waals surface area contributed by atoms with Crippen LogP contribution in [0.4, 0.5) is 26.3 Å². The summed E-state index contributed by atoms with van der Waals surface area (Å²) in [5.41, 5.74) is -1.72. The topological polar surface area (TPSA) is 23.6 Å². The number of hydrogen-bond acceptors (Lipinski definition) is 2. The highest BCUT2D eigenvalue weighted by Gasteiger charge is 2.50. The van der Waals surface area contributed by atoms with E-state index in [-0.39, 0.29) is 42.5 Å². The van der Waals surface area contributed by atoms with Crippen molar-refractivity contribution in [1.82, 2.24) is 9.80 Å². The summed E-state index contributed by atoms with van der Waals surface area (Å²) in [5, 5.41) is 0.689. The van der Waals surface area contributed by atoms with Gasteiger partial charge in [-0.05, 0) is 85.3 Å². The summed E-state index contributed by atoms with van der Waals surface area (Å²) in [5.74, 6) is -0.0994. The highest BCUT2D eigenvalue weighted by molar-refractivity contribution is 6.42.